The fraction of sp³-hybridized carbons (Fsp3) is 0.143. The number of esters is 1. The van der Waals surface area contributed by atoms with Gasteiger partial charge in [-0.1, -0.05) is 0 Å². The van der Waals surface area contributed by atoms with E-state index in [2.05, 4.69) is 9.72 Å². The van der Waals surface area contributed by atoms with Gasteiger partial charge in [0.1, 0.15) is 5.69 Å². The highest BCUT2D eigenvalue weighted by atomic mass is 127. The highest BCUT2D eigenvalue weighted by Crippen LogP contribution is 2.13. The highest BCUT2D eigenvalue weighted by Gasteiger charge is 2.07. The van der Waals surface area contributed by atoms with Gasteiger partial charge in [-0.05, 0) is 28.7 Å². The second kappa shape index (κ2) is 3.70. The lowest BCUT2D eigenvalue weighted by Crippen LogP contribution is -2.05. The first kappa shape index (κ1) is 9.24. The summed E-state index contributed by atoms with van der Waals surface area (Å²) in [6.07, 6.45) is 1.53. The molecule has 0 atom stereocenters. The number of rotatable bonds is 1. The maximum absolute atomic E-state index is 10.9. The van der Waals surface area contributed by atoms with E-state index < -0.39 is 5.97 Å². The lowest BCUT2D eigenvalue weighted by Gasteiger charge is -2.00. The second-order valence-corrected chi connectivity index (χ2v) is 3.24. The van der Waals surface area contributed by atoms with Gasteiger partial charge in [0.15, 0.2) is 0 Å². The van der Waals surface area contributed by atoms with E-state index in [0.29, 0.717) is 5.69 Å². The number of pyridine rings is 1. The molecule has 4 nitrogen and oxygen atoms in total. The lowest BCUT2D eigenvalue weighted by molar-refractivity contribution is 0.0594. The Morgan fingerprint density at radius 2 is 2.42 bits per heavy atom. The third-order valence-electron chi connectivity index (χ3n) is 1.28. The number of methoxy groups -OCH3 is 1. The maximum Gasteiger partial charge on any atom is 0.356 e. The molecule has 64 valence electrons. The molecule has 0 aliphatic rings. The third-order valence-corrected chi connectivity index (χ3v) is 2.18. The van der Waals surface area contributed by atoms with Crippen LogP contribution < -0.4 is 5.73 Å². The molecule has 1 rings (SSSR count). The predicted octanol–water partition coefficient (Wildman–Crippen LogP) is 1.05. The van der Waals surface area contributed by atoms with Crippen molar-refractivity contribution in [2.75, 3.05) is 12.8 Å². The Bertz CT molecular complexity index is 314. The highest BCUT2D eigenvalue weighted by molar-refractivity contribution is 14.1. The largest absolute Gasteiger partial charge is 0.464 e. The smallest absolute Gasteiger partial charge is 0.356 e. The number of hydrogen-bond acceptors (Lipinski definition) is 4. The number of nitrogens with two attached hydrogens (primary N) is 1. The average Bonchev–Trinajstić information content (AvgIpc) is 2.08. The van der Waals surface area contributed by atoms with Gasteiger partial charge in [0.2, 0.25) is 0 Å². The number of nitrogen functional groups attached to an aromatic ring is 1. The van der Waals surface area contributed by atoms with E-state index in [0.717, 1.165) is 3.57 Å². The molecule has 0 unspecified atom stereocenters. The Hall–Kier alpha value is -0.850. The van der Waals surface area contributed by atoms with E-state index >= 15 is 0 Å². The van der Waals surface area contributed by atoms with Crippen molar-refractivity contribution in [1.82, 2.24) is 4.98 Å². The molecule has 0 aromatic carbocycles. The first-order valence-electron chi connectivity index (χ1n) is 3.14. The molecule has 0 aliphatic carbocycles. The molecule has 12 heavy (non-hydrogen) atoms. The third kappa shape index (κ3) is 1.84. The van der Waals surface area contributed by atoms with E-state index in [1.54, 1.807) is 0 Å². The number of nitrogens with zero attached hydrogens (tertiary/aromatic N) is 1. The quantitative estimate of drug-likeness (QED) is 0.616. The topological polar surface area (TPSA) is 65.2 Å². The van der Waals surface area contributed by atoms with E-state index in [1.165, 1.54) is 19.4 Å². The van der Waals surface area contributed by atoms with Gasteiger partial charge >= 0.3 is 5.97 Å². The van der Waals surface area contributed by atoms with Gasteiger partial charge in [0.25, 0.3) is 0 Å². The van der Waals surface area contributed by atoms with Gasteiger partial charge in [0, 0.05) is 11.9 Å². The Morgan fingerprint density at radius 1 is 1.75 bits per heavy atom. The first-order valence-corrected chi connectivity index (χ1v) is 4.22. The van der Waals surface area contributed by atoms with E-state index in [1.807, 2.05) is 22.6 Å². The monoisotopic (exact) mass is 278 g/mol. The molecule has 0 amide bonds. The Balaban J connectivity index is 3.05. The van der Waals surface area contributed by atoms with E-state index in [-0.39, 0.29) is 5.69 Å². The second-order valence-electron chi connectivity index (χ2n) is 2.08. The molecule has 0 saturated heterocycles. The minimum absolute atomic E-state index is 0.232. The summed E-state index contributed by atoms with van der Waals surface area (Å²) in [5.74, 6) is -0.474. The van der Waals surface area contributed by atoms with Gasteiger partial charge < -0.3 is 10.5 Å². The van der Waals surface area contributed by atoms with Crippen molar-refractivity contribution in [1.29, 1.82) is 0 Å². The molecular weight excluding hydrogens is 271 g/mol. The molecule has 1 aromatic rings. The van der Waals surface area contributed by atoms with E-state index in [4.69, 9.17) is 5.73 Å². The van der Waals surface area contributed by atoms with Crippen LogP contribution in [0.5, 0.6) is 0 Å². The molecule has 0 saturated carbocycles. The van der Waals surface area contributed by atoms with Crippen LogP contribution in [0.25, 0.3) is 0 Å². The molecular formula is C7H7IN2O2. The van der Waals surface area contributed by atoms with Gasteiger partial charge in [0.05, 0.1) is 10.7 Å². The number of carbonyl (C=O) groups excluding carboxylic acids is 1. The number of halogens is 1. The van der Waals surface area contributed by atoms with E-state index in [9.17, 15) is 4.79 Å². The average molecular weight is 278 g/mol. The Kier molecular flexibility index (Phi) is 2.85. The summed E-state index contributed by atoms with van der Waals surface area (Å²) >= 11 is 2.04. The van der Waals surface area contributed by atoms with Crippen LogP contribution in [0, 0.1) is 3.57 Å². The SMILES string of the molecule is COC(=O)c1cc(N)c(I)cn1. The van der Waals surface area contributed by atoms with Gasteiger partial charge in [-0.25, -0.2) is 9.78 Å². The zero-order valence-corrected chi connectivity index (χ0v) is 8.53. The lowest BCUT2D eigenvalue weighted by atomic mass is 10.3. The van der Waals surface area contributed by atoms with Crippen molar-refractivity contribution in [2.45, 2.75) is 0 Å². The molecule has 0 fully saturated rings. The van der Waals surface area contributed by atoms with Crippen molar-refractivity contribution in [3.05, 3.63) is 21.5 Å². The van der Waals surface area contributed by atoms with Crippen LogP contribution in [0.4, 0.5) is 5.69 Å². The molecule has 2 N–H and O–H groups in total. The Labute approximate surface area is 83.3 Å². The molecule has 1 heterocycles. The summed E-state index contributed by atoms with van der Waals surface area (Å²) in [7, 11) is 1.30. The number of ether oxygens (including phenoxy) is 1. The summed E-state index contributed by atoms with van der Waals surface area (Å²) in [6.45, 7) is 0. The van der Waals surface area contributed by atoms with Crippen molar-refractivity contribution < 1.29 is 9.53 Å². The minimum Gasteiger partial charge on any atom is -0.464 e. The number of hydrogen-bond donors (Lipinski definition) is 1. The Morgan fingerprint density at radius 3 is 2.92 bits per heavy atom. The van der Waals surface area contributed by atoms with Crippen LogP contribution in [-0.2, 0) is 4.74 Å². The zero-order valence-electron chi connectivity index (χ0n) is 6.37. The molecule has 0 aliphatic heterocycles. The summed E-state index contributed by atoms with van der Waals surface area (Å²) in [5.41, 5.74) is 6.32. The van der Waals surface area contributed by atoms with Gasteiger partial charge in [-0.15, -0.1) is 0 Å². The predicted molar refractivity (Wildman–Crippen MR) is 52.7 cm³/mol. The zero-order chi connectivity index (χ0) is 9.14. The summed E-state index contributed by atoms with van der Waals surface area (Å²) in [5, 5.41) is 0. The van der Waals surface area contributed by atoms with Crippen molar-refractivity contribution >= 4 is 34.2 Å². The van der Waals surface area contributed by atoms with Crippen LogP contribution in [0.2, 0.25) is 0 Å². The van der Waals surface area contributed by atoms with Crippen molar-refractivity contribution in [3.8, 4) is 0 Å². The standard InChI is InChI=1S/C7H7IN2O2/c1-12-7(11)6-2-5(9)4(8)3-10-6/h2-3H,1H3,(H2,9,10). The first-order chi connectivity index (χ1) is 5.65. The molecule has 5 heteroatoms. The number of anilines is 1. The van der Waals surface area contributed by atoms with Crippen LogP contribution in [-0.4, -0.2) is 18.1 Å². The molecule has 0 radical (unpaired) electrons. The minimum atomic E-state index is -0.474. The number of carbonyl (C=O) groups is 1. The van der Waals surface area contributed by atoms with Crippen molar-refractivity contribution in [3.63, 3.8) is 0 Å². The molecule has 1 aromatic heterocycles. The maximum atomic E-state index is 10.9. The fourth-order valence-corrected chi connectivity index (χ4v) is 0.965. The van der Waals surface area contributed by atoms with Gasteiger partial charge in [-0.3, -0.25) is 0 Å². The van der Waals surface area contributed by atoms with Crippen LogP contribution in [0.1, 0.15) is 10.5 Å². The van der Waals surface area contributed by atoms with Crippen LogP contribution >= 0.6 is 22.6 Å². The molecule has 0 bridgehead atoms. The fourth-order valence-electron chi connectivity index (χ4n) is 0.670. The van der Waals surface area contributed by atoms with Crippen molar-refractivity contribution in [2.24, 2.45) is 0 Å². The summed E-state index contributed by atoms with van der Waals surface area (Å²) in [6, 6.07) is 1.49. The number of aromatic nitrogens is 1. The summed E-state index contributed by atoms with van der Waals surface area (Å²) < 4.78 is 5.29. The van der Waals surface area contributed by atoms with Crippen LogP contribution in [0.3, 0.4) is 0 Å². The normalized spacial score (nSPS) is 9.50. The summed E-state index contributed by atoms with van der Waals surface area (Å²) in [4.78, 5) is 14.8. The molecule has 0 spiro atoms. The van der Waals surface area contributed by atoms with Gasteiger partial charge in [-0.2, -0.15) is 0 Å². The van der Waals surface area contributed by atoms with Crippen LogP contribution in [0.15, 0.2) is 12.3 Å².